The molecule has 98 valence electrons. The summed E-state index contributed by atoms with van der Waals surface area (Å²) in [4.78, 5) is 21.7. The van der Waals surface area contributed by atoms with E-state index >= 15 is 0 Å². The van der Waals surface area contributed by atoms with E-state index in [2.05, 4.69) is 17.6 Å². The molecule has 17 heavy (non-hydrogen) atoms. The van der Waals surface area contributed by atoms with Crippen LogP contribution in [0, 0.1) is 0 Å². The fourth-order valence-corrected chi connectivity index (χ4v) is 3.18. The molecule has 0 aromatic heterocycles. The van der Waals surface area contributed by atoms with Gasteiger partial charge in [0, 0.05) is 24.8 Å². The third kappa shape index (κ3) is 4.95. The fourth-order valence-electron chi connectivity index (χ4n) is 1.90. The van der Waals surface area contributed by atoms with Crippen molar-refractivity contribution in [3.8, 4) is 0 Å². The molecule has 0 aromatic rings. The Morgan fingerprint density at radius 2 is 2.24 bits per heavy atom. The second-order valence-corrected chi connectivity index (χ2v) is 6.31. The van der Waals surface area contributed by atoms with E-state index in [1.807, 2.05) is 11.8 Å². The molecule has 0 aromatic carbocycles. The maximum Gasteiger partial charge on any atom is 0.327 e. The molecule has 5 nitrogen and oxygen atoms in total. The summed E-state index contributed by atoms with van der Waals surface area (Å²) >= 11 is 1.92. The highest BCUT2D eigenvalue weighted by Gasteiger charge is 2.29. The van der Waals surface area contributed by atoms with Crippen LogP contribution in [0.2, 0.25) is 0 Å². The van der Waals surface area contributed by atoms with E-state index in [1.54, 1.807) is 0 Å². The monoisotopic (exact) mass is 260 g/mol. The third-order valence-corrected chi connectivity index (χ3v) is 4.36. The van der Waals surface area contributed by atoms with E-state index in [-0.39, 0.29) is 17.2 Å². The van der Waals surface area contributed by atoms with Crippen molar-refractivity contribution < 1.29 is 14.7 Å². The van der Waals surface area contributed by atoms with Crippen molar-refractivity contribution in [1.82, 2.24) is 10.6 Å². The van der Waals surface area contributed by atoms with E-state index in [0.717, 1.165) is 13.0 Å². The first-order chi connectivity index (χ1) is 7.93. The maximum absolute atomic E-state index is 10.9. The Bertz CT molecular complexity index is 290. The Morgan fingerprint density at radius 1 is 1.53 bits per heavy atom. The largest absolute Gasteiger partial charge is 0.480 e. The van der Waals surface area contributed by atoms with Crippen LogP contribution < -0.4 is 10.6 Å². The number of hydrogen-bond acceptors (Lipinski definition) is 4. The highest BCUT2D eigenvalue weighted by molar-refractivity contribution is 8.00. The Balaban J connectivity index is 2.31. The predicted molar refractivity (Wildman–Crippen MR) is 68.2 cm³/mol. The number of carbonyl (C=O) groups is 2. The maximum atomic E-state index is 10.9. The Hall–Kier alpha value is -0.750. The summed E-state index contributed by atoms with van der Waals surface area (Å²) in [5.74, 6) is -0.149. The molecule has 0 saturated carbocycles. The lowest BCUT2D eigenvalue weighted by atomic mass is 10.1. The molecule has 2 atom stereocenters. The highest BCUT2D eigenvalue weighted by Crippen LogP contribution is 2.36. The zero-order chi connectivity index (χ0) is 12.9. The van der Waals surface area contributed by atoms with Gasteiger partial charge in [-0.05, 0) is 25.5 Å². The summed E-state index contributed by atoms with van der Waals surface area (Å²) in [6.45, 7) is 4.56. The minimum atomic E-state index is -1.00. The molecule has 1 heterocycles. The highest BCUT2D eigenvalue weighted by atomic mass is 32.2. The van der Waals surface area contributed by atoms with E-state index in [4.69, 9.17) is 5.11 Å². The number of hydrogen-bond donors (Lipinski definition) is 3. The molecule has 2 unspecified atom stereocenters. The van der Waals surface area contributed by atoms with Gasteiger partial charge in [-0.2, -0.15) is 11.8 Å². The van der Waals surface area contributed by atoms with Gasteiger partial charge < -0.3 is 15.7 Å². The number of rotatable bonds is 6. The Kier molecular flexibility index (Phi) is 5.27. The van der Waals surface area contributed by atoms with E-state index in [1.165, 1.54) is 19.1 Å². The second-order valence-electron chi connectivity index (χ2n) is 4.62. The van der Waals surface area contributed by atoms with Crippen LogP contribution in [0.15, 0.2) is 0 Å². The van der Waals surface area contributed by atoms with Crippen LogP contribution in [-0.4, -0.2) is 46.6 Å². The van der Waals surface area contributed by atoms with Crippen molar-refractivity contribution >= 4 is 23.6 Å². The molecular weight excluding hydrogens is 240 g/mol. The third-order valence-electron chi connectivity index (χ3n) is 2.82. The number of aliphatic carboxylic acids is 1. The molecule has 6 heteroatoms. The molecule has 3 N–H and O–H groups in total. The molecule has 0 bridgehead atoms. The lowest BCUT2D eigenvalue weighted by Gasteiger charge is -2.24. The van der Waals surface area contributed by atoms with Crippen LogP contribution in [0.25, 0.3) is 0 Å². The molecule has 0 spiro atoms. The summed E-state index contributed by atoms with van der Waals surface area (Å²) in [5.41, 5.74) is 0. The molecule has 1 aliphatic rings. The summed E-state index contributed by atoms with van der Waals surface area (Å²) in [7, 11) is 0. The van der Waals surface area contributed by atoms with Crippen LogP contribution >= 0.6 is 11.8 Å². The van der Waals surface area contributed by atoms with Crippen molar-refractivity contribution in [2.45, 2.75) is 37.5 Å². The lowest BCUT2D eigenvalue weighted by molar-refractivity contribution is -0.141. The fraction of sp³-hybridized carbons (Fsp3) is 0.818. The molecule has 1 rings (SSSR count). The average Bonchev–Trinajstić information content (AvgIpc) is 2.63. The molecule has 1 aliphatic heterocycles. The first-order valence-electron chi connectivity index (χ1n) is 5.77. The molecule has 1 amide bonds. The summed E-state index contributed by atoms with van der Waals surface area (Å²) < 4.78 is 0.208. The van der Waals surface area contributed by atoms with Crippen molar-refractivity contribution in [2.75, 3.05) is 18.8 Å². The van der Waals surface area contributed by atoms with E-state index < -0.39 is 12.0 Å². The average molecular weight is 260 g/mol. The summed E-state index contributed by atoms with van der Waals surface area (Å²) in [6, 6.07) is -0.845. The van der Waals surface area contributed by atoms with Crippen molar-refractivity contribution in [3.63, 3.8) is 0 Å². The van der Waals surface area contributed by atoms with Crippen molar-refractivity contribution in [3.05, 3.63) is 0 Å². The van der Waals surface area contributed by atoms with Crippen LogP contribution in [0.4, 0.5) is 0 Å². The number of nitrogens with one attached hydrogen (secondary N) is 2. The van der Waals surface area contributed by atoms with Gasteiger partial charge in [0.05, 0.1) is 0 Å². The predicted octanol–water partition coefficient (Wildman–Crippen LogP) is 0.451. The van der Waals surface area contributed by atoms with E-state index in [9.17, 15) is 9.59 Å². The van der Waals surface area contributed by atoms with Gasteiger partial charge in [0.2, 0.25) is 5.91 Å². The Morgan fingerprint density at radius 3 is 2.71 bits per heavy atom. The van der Waals surface area contributed by atoms with Crippen LogP contribution in [0.3, 0.4) is 0 Å². The van der Waals surface area contributed by atoms with Crippen LogP contribution in [0.1, 0.15) is 26.7 Å². The van der Waals surface area contributed by atoms with Crippen molar-refractivity contribution in [1.29, 1.82) is 0 Å². The Labute approximate surface area is 106 Å². The van der Waals surface area contributed by atoms with Gasteiger partial charge in [-0.15, -0.1) is 0 Å². The summed E-state index contributed by atoms with van der Waals surface area (Å²) in [5, 5.41) is 14.5. The standard InChI is InChI=1S/C11H20N2O3S/c1-8(14)13-9(10(15)16)6-12-7-11(2)4-3-5-17-11/h9,12H,3-7H2,1-2H3,(H,13,14)(H,15,16). The second kappa shape index (κ2) is 6.26. The van der Waals surface area contributed by atoms with Gasteiger partial charge in [-0.3, -0.25) is 4.79 Å². The van der Waals surface area contributed by atoms with Gasteiger partial charge in [0.25, 0.3) is 0 Å². The number of carboxylic acids is 1. The first-order valence-corrected chi connectivity index (χ1v) is 6.76. The van der Waals surface area contributed by atoms with Crippen LogP contribution in [0.5, 0.6) is 0 Å². The number of thioether (sulfide) groups is 1. The number of carbonyl (C=O) groups excluding carboxylic acids is 1. The molecular formula is C11H20N2O3S. The molecule has 1 saturated heterocycles. The molecule has 1 fully saturated rings. The van der Waals surface area contributed by atoms with Crippen molar-refractivity contribution in [2.24, 2.45) is 0 Å². The van der Waals surface area contributed by atoms with Gasteiger partial charge in [0.15, 0.2) is 0 Å². The quantitative estimate of drug-likeness (QED) is 0.646. The lowest BCUT2D eigenvalue weighted by Crippen LogP contribution is -2.48. The number of amides is 1. The molecule has 0 aliphatic carbocycles. The van der Waals surface area contributed by atoms with Gasteiger partial charge in [-0.25, -0.2) is 4.79 Å². The first kappa shape index (κ1) is 14.3. The smallest absolute Gasteiger partial charge is 0.327 e. The van der Waals surface area contributed by atoms with Gasteiger partial charge in [-0.1, -0.05) is 0 Å². The minimum absolute atomic E-state index is 0.208. The zero-order valence-electron chi connectivity index (χ0n) is 10.3. The topological polar surface area (TPSA) is 78.4 Å². The SMILES string of the molecule is CC(=O)NC(CNCC1(C)CCCS1)C(=O)O. The van der Waals surface area contributed by atoms with Gasteiger partial charge >= 0.3 is 5.97 Å². The van der Waals surface area contributed by atoms with Gasteiger partial charge in [0.1, 0.15) is 6.04 Å². The summed E-state index contributed by atoms with van der Waals surface area (Å²) in [6.07, 6.45) is 2.37. The number of carboxylic acid groups (broad SMARTS) is 1. The van der Waals surface area contributed by atoms with Crippen LogP contribution in [-0.2, 0) is 9.59 Å². The van der Waals surface area contributed by atoms with E-state index in [0.29, 0.717) is 0 Å². The zero-order valence-corrected chi connectivity index (χ0v) is 11.1. The normalized spacial score (nSPS) is 25.5. The molecule has 0 radical (unpaired) electrons. The minimum Gasteiger partial charge on any atom is -0.480 e.